The van der Waals surface area contributed by atoms with Gasteiger partial charge in [0.15, 0.2) is 5.01 Å². The molecular weight excluding hydrogens is 310 g/mol. The first-order valence-electron chi connectivity index (χ1n) is 7.39. The van der Waals surface area contributed by atoms with Crippen LogP contribution >= 0.6 is 11.3 Å². The Kier molecular flexibility index (Phi) is 3.38. The molecule has 8 heteroatoms. The molecule has 4 aromatic rings. The van der Waals surface area contributed by atoms with Crippen molar-refractivity contribution in [3.8, 4) is 22.2 Å². The first-order chi connectivity index (χ1) is 11.2. The average Bonchev–Trinajstić information content (AvgIpc) is 3.22. The molecule has 0 fully saturated rings. The number of aromatic nitrogens is 7. The zero-order valence-corrected chi connectivity index (χ0v) is 13.6. The van der Waals surface area contributed by atoms with Gasteiger partial charge in [-0.25, -0.2) is 0 Å². The van der Waals surface area contributed by atoms with Gasteiger partial charge in [0.25, 0.3) is 0 Å². The molecule has 0 atom stereocenters. The Morgan fingerprint density at radius 1 is 1.22 bits per heavy atom. The topological polar surface area (TPSA) is 84.7 Å². The highest BCUT2D eigenvalue weighted by molar-refractivity contribution is 7.19. The van der Waals surface area contributed by atoms with Crippen molar-refractivity contribution in [3.05, 3.63) is 36.2 Å². The predicted molar refractivity (Wildman–Crippen MR) is 88.0 cm³/mol. The third-order valence-corrected chi connectivity index (χ3v) is 4.28. The van der Waals surface area contributed by atoms with Gasteiger partial charge < -0.3 is 0 Å². The van der Waals surface area contributed by atoms with E-state index in [1.54, 1.807) is 10.7 Å². The smallest absolute Gasteiger partial charge is 0.235 e. The zero-order valence-electron chi connectivity index (χ0n) is 12.8. The molecule has 0 saturated carbocycles. The van der Waals surface area contributed by atoms with Gasteiger partial charge in [0, 0.05) is 11.9 Å². The van der Waals surface area contributed by atoms with Gasteiger partial charge in [0.2, 0.25) is 10.8 Å². The molecular formula is C15H15N7S. The highest BCUT2D eigenvalue weighted by atomic mass is 32.1. The summed E-state index contributed by atoms with van der Waals surface area (Å²) in [6, 6.07) is 7.77. The van der Waals surface area contributed by atoms with E-state index < -0.39 is 0 Å². The van der Waals surface area contributed by atoms with Gasteiger partial charge in [0.1, 0.15) is 11.4 Å². The number of pyridine rings is 1. The molecule has 0 aromatic carbocycles. The lowest BCUT2D eigenvalue weighted by atomic mass is 10.1. The van der Waals surface area contributed by atoms with Crippen molar-refractivity contribution < 1.29 is 0 Å². The summed E-state index contributed by atoms with van der Waals surface area (Å²) >= 11 is 1.46. The summed E-state index contributed by atoms with van der Waals surface area (Å²) in [5.41, 5.74) is 2.68. The van der Waals surface area contributed by atoms with Crippen molar-refractivity contribution in [2.24, 2.45) is 5.92 Å². The molecule has 116 valence electrons. The summed E-state index contributed by atoms with van der Waals surface area (Å²) in [5.74, 6) is 1.21. The summed E-state index contributed by atoms with van der Waals surface area (Å²) in [4.78, 5) is 5.06. The van der Waals surface area contributed by atoms with Crippen LogP contribution in [-0.4, -0.2) is 35.0 Å². The van der Waals surface area contributed by atoms with E-state index in [-0.39, 0.29) is 0 Å². The molecule has 1 N–H and O–H groups in total. The fourth-order valence-corrected chi connectivity index (χ4v) is 3.21. The van der Waals surface area contributed by atoms with Gasteiger partial charge >= 0.3 is 0 Å². The molecule has 0 amide bonds. The van der Waals surface area contributed by atoms with Gasteiger partial charge in [-0.1, -0.05) is 31.3 Å². The van der Waals surface area contributed by atoms with Crippen LogP contribution in [-0.2, 0) is 6.42 Å². The molecule has 4 rings (SSSR count). The molecule has 0 spiro atoms. The quantitative estimate of drug-likeness (QED) is 0.623. The van der Waals surface area contributed by atoms with Crippen LogP contribution in [0.1, 0.15) is 19.5 Å². The maximum absolute atomic E-state index is 4.58. The standard InChI is InChI=1S/C15H15N7S/c1-9(2)7-10-8-12(18-17-10)13-19-20-15-22(13)21-14(23-15)11-5-3-4-6-16-11/h3-6,8-9H,7H2,1-2H3,(H,17,18). The Hall–Kier alpha value is -2.61. The van der Waals surface area contributed by atoms with Crippen molar-refractivity contribution in [2.75, 3.05) is 0 Å². The normalized spacial score (nSPS) is 11.6. The van der Waals surface area contributed by atoms with Crippen LogP contribution < -0.4 is 0 Å². The van der Waals surface area contributed by atoms with Crippen LogP contribution in [0.5, 0.6) is 0 Å². The Balaban J connectivity index is 1.73. The van der Waals surface area contributed by atoms with Gasteiger partial charge in [0.05, 0.1) is 0 Å². The molecule has 23 heavy (non-hydrogen) atoms. The SMILES string of the molecule is CC(C)Cc1cc(-c2nnc3sc(-c4ccccn4)nn23)n[nH]1. The average molecular weight is 325 g/mol. The van der Waals surface area contributed by atoms with Crippen LogP contribution in [0, 0.1) is 5.92 Å². The maximum atomic E-state index is 4.58. The van der Waals surface area contributed by atoms with Gasteiger partial charge in [-0.2, -0.15) is 14.7 Å². The second-order valence-corrected chi connectivity index (χ2v) is 6.67. The molecule has 0 aliphatic carbocycles. The van der Waals surface area contributed by atoms with Crippen molar-refractivity contribution >= 4 is 16.3 Å². The predicted octanol–water partition coefficient (Wildman–Crippen LogP) is 2.84. The Labute approximate surface area is 136 Å². The van der Waals surface area contributed by atoms with Crippen LogP contribution in [0.25, 0.3) is 27.2 Å². The molecule has 0 radical (unpaired) electrons. The number of hydrogen-bond acceptors (Lipinski definition) is 6. The van der Waals surface area contributed by atoms with E-state index in [4.69, 9.17) is 0 Å². The van der Waals surface area contributed by atoms with Gasteiger partial charge in [-0.15, -0.1) is 10.2 Å². The first-order valence-corrected chi connectivity index (χ1v) is 8.20. The fourth-order valence-electron chi connectivity index (χ4n) is 2.39. The summed E-state index contributed by atoms with van der Waals surface area (Å²) in [6.45, 7) is 4.35. The molecule has 0 aliphatic rings. The summed E-state index contributed by atoms with van der Waals surface area (Å²) in [7, 11) is 0. The number of H-pyrrole nitrogens is 1. The van der Waals surface area contributed by atoms with Crippen LogP contribution in [0.4, 0.5) is 0 Å². The number of nitrogens with zero attached hydrogens (tertiary/aromatic N) is 6. The third kappa shape index (κ3) is 2.61. The summed E-state index contributed by atoms with van der Waals surface area (Å²) in [5, 5.41) is 21.2. The van der Waals surface area contributed by atoms with E-state index in [9.17, 15) is 0 Å². The molecule has 0 bridgehead atoms. The highest BCUT2D eigenvalue weighted by Gasteiger charge is 2.17. The third-order valence-electron chi connectivity index (χ3n) is 3.36. The number of rotatable bonds is 4. The Bertz CT molecular complexity index is 935. The van der Waals surface area contributed by atoms with Crippen LogP contribution in [0.2, 0.25) is 0 Å². The van der Waals surface area contributed by atoms with E-state index in [1.165, 1.54) is 11.3 Å². The first kappa shape index (κ1) is 14.0. The number of aromatic amines is 1. The van der Waals surface area contributed by atoms with Crippen molar-refractivity contribution in [1.29, 1.82) is 0 Å². The number of nitrogens with one attached hydrogen (secondary N) is 1. The monoisotopic (exact) mass is 325 g/mol. The van der Waals surface area contributed by atoms with E-state index in [2.05, 4.69) is 44.3 Å². The van der Waals surface area contributed by atoms with Crippen molar-refractivity contribution in [3.63, 3.8) is 0 Å². The van der Waals surface area contributed by atoms with Crippen molar-refractivity contribution in [1.82, 2.24) is 35.0 Å². The van der Waals surface area contributed by atoms with Gasteiger partial charge in [-0.05, 0) is 30.5 Å². The minimum atomic E-state index is 0.566. The van der Waals surface area contributed by atoms with Crippen molar-refractivity contribution in [2.45, 2.75) is 20.3 Å². The molecule has 0 aliphatic heterocycles. The van der Waals surface area contributed by atoms with Crippen LogP contribution in [0.15, 0.2) is 30.5 Å². The Morgan fingerprint density at radius 2 is 2.13 bits per heavy atom. The fraction of sp³-hybridized carbons (Fsp3) is 0.267. The number of hydrogen-bond donors (Lipinski definition) is 1. The minimum absolute atomic E-state index is 0.566. The lowest BCUT2D eigenvalue weighted by Crippen LogP contribution is -1.93. The van der Waals surface area contributed by atoms with Gasteiger partial charge in [-0.3, -0.25) is 10.1 Å². The zero-order chi connectivity index (χ0) is 15.8. The highest BCUT2D eigenvalue weighted by Crippen LogP contribution is 2.26. The maximum Gasteiger partial charge on any atom is 0.235 e. The second kappa shape index (κ2) is 5.54. The van der Waals surface area contributed by atoms with E-state index in [0.29, 0.717) is 11.7 Å². The second-order valence-electron chi connectivity index (χ2n) is 5.72. The largest absolute Gasteiger partial charge is 0.282 e. The van der Waals surface area contributed by atoms with E-state index >= 15 is 0 Å². The minimum Gasteiger partial charge on any atom is -0.282 e. The lowest BCUT2D eigenvalue weighted by molar-refractivity contribution is 0.633. The van der Waals surface area contributed by atoms with Crippen LogP contribution in [0.3, 0.4) is 0 Å². The molecule has 4 aromatic heterocycles. The molecule has 4 heterocycles. The number of fused-ring (bicyclic) bond motifs is 1. The molecule has 7 nitrogen and oxygen atoms in total. The Morgan fingerprint density at radius 3 is 2.91 bits per heavy atom. The summed E-state index contributed by atoms with van der Waals surface area (Å²) in [6.07, 6.45) is 2.70. The molecule has 0 saturated heterocycles. The summed E-state index contributed by atoms with van der Waals surface area (Å²) < 4.78 is 1.73. The lowest BCUT2D eigenvalue weighted by Gasteiger charge is -1.98. The molecule has 0 unspecified atom stereocenters. The van der Waals surface area contributed by atoms with E-state index in [1.807, 2.05) is 24.3 Å². The van der Waals surface area contributed by atoms with E-state index in [0.717, 1.165) is 33.5 Å².